The molecule has 1 unspecified atom stereocenters. The van der Waals surface area contributed by atoms with E-state index < -0.39 is 5.92 Å². The molecule has 1 fully saturated rings. The molecule has 174 valence electrons. The van der Waals surface area contributed by atoms with E-state index in [0.29, 0.717) is 36.8 Å². The van der Waals surface area contributed by atoms with Crippen molar-refractivity contribution in [2.24, 2.45) is 5.92 Å². The van der Waals surface area contributed by atoms with Crippen LogP contribution in [0.1, 0.15) is 11.3 Å². The maximum Gasteiger partial charge on any atom is 0.227 e. The van der Waals surface area contributed by atoms with E-state index >= 15 is 0 Å². The summed E-state index contributed by atoms with van der Waals surface area (Å²) < 4.78 is 14.9. The van der Waals surface area contributed by atoms with Crippen LogP contribution in [0.5, 0.6) is 0 Å². The first-order valence-corrected chi connectivity index (χ1v) is 11.7. The highest BCUT2D eigenvalue weighted by atomic mass is 32.1. The van der Waals surface area contributed by atoms with Crippen LogP contribution >= 0.6 is 11.3 Å². The molecular formula is C23H22FN7O2S. The summed E-state index contributed by atoms with van der Waals surface area (Å²) >= 11 is 1.67. The third-order valence-corrected chi connectivity index (χ3v) is 6.58. The SMILES string of the molecule is O=C(NCCn1ncc2c(NCc3cccs3)ncnc21)C1CC(=O)N(c2ccc(F)cc2)C1. The normalized spacial score (nSPS) is 15.7. The Morgan fingerprint density at radius 2 is 2.06 bits per heavy atom. The van der Waals surface area contributed by atoms with Gasteiger partial charge in [-0.15, -0.1) is 11.3 Å². The summed E-state index contributed by atoms with van der Waals surface area (Å²) in [5.41, 5.74) is 1.27. The van der Waals surface area contributed by atoms with Crippen LogP contribution in [0.25, 0.3) is 11.0 Å². The van der Waals surface area contributed by atoms with Gasteiger partial charge >= 0.3 is 0 Å². The van der Waals surface area contributed by atoms with Gasteiger partial charge < -0.3 is 15.5 Å². The van der Waals surface area contributed by atoms with E-state index in [0.717, 1.165) is 5.39 Å². The highest BCUT2D eigenvalue weighted by molar-refractivity contribution is 7.09. The summed E-state index contributed by atoms with van der Waals surface area (Å²) in [6.45, 7) is 1.71. The third kappa shape index (κ3) is 4.60. The van der Waals surface area contributed by atoms with Crippen LogP contribution < -0.4 is 15.5 Å². The highest BCUT2D eigenvalue weighted by Crippen LogP contribution is 2.25. The molecule has 4 heterocycles. The standard InChI is InChI=1S/C23H22FN7O2S/c24-16-3-5-17(6-4-16)30-13-15(10-20(30)32)23(33)25-7-8-31-22-19(12-29-31)21(27-14-28-22)26-11-18-2-1-9-34-18/h1-6,9,12,14-15H,7-8,10-11,13H2,(H,25,33)(H,26,27,28). The van der Waals surface area contributed by atoms with E-state index in [1.54, 1.807) is 34.3 Å². The van der Waals surface area contributed by atoms with Gasteiger partial charge in [0.25, 0.3) is 0 Å². The summed E-state index contributed by atoms with van der Waals surface area (Å²) in [5, 5.41) is 13.4. The van der Waals surface area contributed by atoms with E-state index in [2.05, 4.69) is 31.8 Å². The average Bonchev–Trinajstić information content (AvgIpc) is 3.59. The first-order valence-electron chi connectivity index (χ1n) is 10.8. The topological polar surface area (TPSA) is 105 Å². The number of benzene rings is 1. The van der Waals surface area contributed by atoms with Gasteiger partial charge in [0.1, 0.15) is 18.0 Å². The van der Waals surface area contributed by atoms with Crippen molar-refractivity contribution in [3.8, 4) is 0 Å². The molecule has 0 aliphatic carbocycles. The van der Waals surface area contributed by atoms with Crippen LogP contribution in [0.4, 0.5) is 15.9 Å². The Morgan fingerprint density at radius 1 is 1.21 bits per heavy atom. The maximum atomic E-state index is 13.2. The number of amides is 2. The number of rotatable bonds is 8. The molecule has 0 radical (unpaired) electrons. The lowest BCUT2D eigenvalue weighted by atomic mass is 10.1. The number of aromatic nitrogens is 4. The molecule has 34 heavy (non-hydrogen) atoms. The van der Waals surface area contributed by atoms with Gasteiger partial charge in [-0.25, -0.2) is 19.0 Å². The van der Waals surface area contributed by atoms with E-state index in [-0.39, 0.29) is 30.6 Å². The molecule has 1 atom stereocenters. The largest absolute Gasteiger partial charge is 0.364 e. The first-order chi connectivity index (χ1) is 16.6. The lowest BCUT2D eigenvalue weighted by molar-refractivity contribution is -0.126. The number of halogens is 1. The number of nitrogens with zero attached hydrogens (tertiary/aromatic N) is 5. The predicted octanol–water partition coefficient (Wildman–Crippen LogP) is 2.81. The first kappa shape index (κ1) is 22.0. The van der Waals surface area contributed by atoms with Gasteiger partial charge in [-0.2, -0.15) is 5.10 Å². The van der Waals surface area contributed by atoms with Crippen LogP contribution in [0.15, 0.2) is 54.3 Å². The van der Waals surface area contributed by atoms with Crippen LogP contribution in [0.2, 0.25) is 0 Å². The minimum atomic E-state index is -0.456. The lowest BCUT2D eigenvalue weighted by Gasteiger charge is -2.16. The second kappa shape index (κ2) is 9.56. The number of fused-ring (bicyclic) bond motifs is 1. The summed E-state index contributed by atoms with van der Waals surface area (Å²) in [4.78, 5) is 36.4. The number of carbonyl (C=O) groups is 2. The number of anilines is 2. The minimum Gasteiger partial charge on any atom is -0.364 e. The molecule has 1 aliphatic heterocycles. The van der Waals surface area contributed by atoms with Crippen molar-refractivity contribution >= 4 is 45.7 Å². The molecule has 1 aliphatic rings. The molecule has 2 amide bonds. The molecule has 1 aromatic carbocycles. The molecular weight excluding hydrogens is 457 g/mol. The van der Waals surface area contributed by atoms with Crippen LogP contribution in [0, 0.1) is 11.7 Å². The molecule has 4 aromatic rings. The summed E-state index contributed by atoms with van der Waals surface area (Å²) in [6, 6.07) is 9.75. The van der Waals surface area contributed by atoms with Crippen molar-refractivity contribution in [3.05, 3.63) is 65.0 Å². The molecule has 11 heteroatoms. The molecule has 0 spiro atoms. The Hall–Kier alpha value is -3.86. The van der Waals surface area contributed by atoms with Crippen LogP contribution in [-0.4, -0.2) is 44.7 Å². The molecule has 5 rings (SSSR count). The van der Waals surface area contributed by atoms with Gasteiger partial charge in [-0.05, 0) is 35.7 Å². The van der Waals surface area contributed by atoms with Gasteiger partial charge in [0, 0.05) is 30.1 Å². The average molecular weight is 480 g/mol. The van der Waals surface area contributed by atoms with Crippen LogP contribution in [0.3, 0.4) is 0 Å². The summed E-state index contributed by atoms with van der Waals surface area (Å²) in [5.74, 6) is -0.459. The zero-order chi connectivity index (χ0) is 23.5. The predicted molar refractivity (Wildman–Crippen MR) is 127 cm³/mol. The van der Waals surface area contributed by atoms with Crippen molar-refractivity contribution in [2.45, 2.75) is 19.5 Å². The van der Waals surface area contributed by atoms with Crippen LogP contribution in [-0.2, 0) is 22.7 Å². The van der Waals surface area contributed by atoms with Gasteiger partial charge in [0.2, 0.25) is 11.8 Å². The molecule has 9 nitrogen and oxygen atoms in total. The number of nitrogens with one attached hydrogen (secondary N) is 2. The second-order valence-corrected chi connectivity index (χ2v) is 8.97. The Labute approximate surface area is 198 Å². The number of thiophene rings is 1. The van der Waals surface area contributed by atoms with Gasteiger partial charge in [-0.1, -0.05) is 6.07 Å². The van der Waals surface area contributed by atoms with Gasteiger partial charge in [0.05, 0.1) is 30.6 Å². The van der Waals surface area contributed by atoms with Crippen molar-refractivity contribution in [2.75, 3.05) is 23.3 Å². The zero-order valence-corrected chi connectivity index (χ0v) is 19.0. The molecule has 0 saturated carbocycles. The van der Waals surface area contributed by atoms with Crippen molar-refractivity contribution in [3.63, 3.8) is 0 Å². The molecule has 1 saturated heterocycles. The fraction of sp³-hybridized carbons (Fsp3) is 0.261. The highest BCUT2D eigenvalue weighted by Gasteiger charge is 2.35. The van der Waals surface area contributed by atoms with E-state index in [9.17, 15) is 14.0 Å². The van der Waals surface area contributed by atoms with E-state index in [1.165, 1.54) is 28.2 Å². The molecule has 2 N–H and O–H groups in total. The van der Waals surface area contributed by atoms with E-state index in [1.807, 2.05) is 11.4 Å². The third-order valence-electron chi connectivity index (χ3n) is 5.70. The minimum absolute atomic E-state index is 0.125. The quantitative estimate of drug-likeness (QED) is 0.403. The fourth-order valence-electron chi connectivity index (χ4n) is 3.96. The molecule has 0 bridgehead atoms. The lowest BCUT2D eigenvalue weighted by Crippen LogP contribution is -2.35. The summed E-state index contributed by atoms with van der Waals surface area (Å²) in [6.07, 6.45) is 3.33. The van der Waals surface area contributed by atoms with Crippen molar-refractivity contribution in [1.29, 1.82) is 0 Å². The number of hydrogen-bond acceptors (Lipinski definition) is 7. The maximum absolute atomic E-state index is 13.2. The fourth-order valence-corrected chi connectivity index (χ4v) is 4.61. The Balaban J connectivity index is 1.17. The molecule has 3 aromatic heterocycles. The zero-order valence-electron chi connectivity index (χ0n) is 18.1. The number of hydrogen-bond donors (Lipinski definition) is 2. The van der Waals surface area contributed by atoms with E-state index in [4.69, 9.17) is 0 Å². The van der Waals surface area contributed by atoms with Gasteiger partial charge in [0.15, 0.2) is 5.65 Å². The Morgan fingerprint density at radius 3 is 2.85 bits per heavy atom. The van der Waals surface area contributed by atoms with Gasteiger partial charge in [-0.3, -0.25) is 9.59 Å². The van der Waals surface area contributed by atoms with Crippen molar-refractivity contribution < 1.29 is 14.0 Å². The number of carbonyl (C=O) groups excluding carboxylic acids is 2. The van der Waals surface area contributed by atoms with Crippen molar-refractivity contribution in [1.82, 2.24) is 25.1 Å². The smallest absolute Gasteiger partial charge is 0.227 e. The Bertz CT molecular complexity index is 1310. The Kier molecular flexibility index (Phi) is 6.17. The second-order valence-electron chi connectivity index (χ2n) is 7.93. The summed E-state index contributed by atoms with van der Waals surface area (Å²) in [7, 11) is 0. The monoisotopic (exact) mass is 479 g/mol.